The van der Waals surface area contributed by atoms with Crippen molar-refractivity contribution in [3.05, 3.63) is 35.9 Å². The van der Waals surface area contributed by atoms with E-state index in [2.05, 4.69) is 43.5 Å². The number of carbonyl (C=O) groups is 1. The Hall–Kier alpha value is -0.850. The molecule has 146 valence electrons. The van der Waals surface area contributed by atoms with E-state index in [9.17, 15) is 4.79 Å². The molecule has 0 saturated carbocycles. The number of nitrogens with one attached hydrogen (secondary N) is 2. The monoisotopic (exact) mass is 393 g/mol. The third-order valence-electron chi connectivity index (χ3n) is 4.46. The van der Waals surface area contributed by atoms with Crippen LogP contribution in [-0.4, -0.2) is 37.7 Å². The Morgan fingerprint density at radius 2 is 1.76 bits per heavy atom. The highest BCUT2D eigenvalue weighted by Gasteiger charge is 2.29. The van der Waals surface area contributed by atoms with E-state index in [1.165, 1.54) is 5.56 Å². The first kappa shape index (κ1) is 26.4. The maximum Gasteiger partial charge on any atom is 0.239 e. The average Bonchev–Trinajstić information content (AvgIpc) is 2.59. The summed E-state index contributed by atoms with van der Waals surface area (Å²) >= 11 is 0. The van der Waals surface area contributed by atoms with Crippen molar-refractivity contribution < 1.29 is 9.53 Å². The molecule has 5 nitrogen and oxygen atoms in total. The van der Waals surface area contributed by atoms with Crippen LogP contribution < -0.4 is 16.4 Å². The van der Waals surface area contributed by atoms with Crippen molar-refractivity contribution in [3.8, 4) is 0 Å². The molecule has 2 atom stereocenters. The number of methoxy groups -OCH3 is 1. The van der Waals surface area contributed by atoms with Gasteiger partial charge in [-0.05, 0) is 25.3 Å². The zero-order valence-electron chi connectivity index (χ0n) is 15.6. The molecule has 0 bridgehead atoms. The number of benzene rings is 1. The van der Waals surface area contributed by atoms with E-state index >= 15 is 0 Å². The van der Waals surface area contributed by atoms with Crippen LogP contribution in [0.2, 0.25) is 0 Å². The lowest BCUT2D eigenvalue weighted by Gasteiger charge is -2.36. The molecule has 4 N–H and O–H groups in total. The molecule has 0 aliphatic heterocycles. The van der Waals surface area contributed by atoms with Gasteiger partial charge in [-0.1, -0.05) is 44.2 Å². The van der Waals surface area contributed by atoms with Gasteiger partial charge in [0.25, 0.3) is 0 Å². The van der Waals surface area contributed by atoms with Crippen molar-refractivity contribution in [2.24, 2.45) is 5.73 Å². The van der Waals surface area contributed by atoms with Gasteiger partial charge in [0.2, 0.25) is 5.91 Å². The Balaban J connectivity index is 0. The van der Waals surface area contributed by atoms with Crippen LogP contribution in [0.4, 0.5) is 0 Å². The van der Waals surface area contributed by atoms with Gasteiger partial charge in [0.05, 0.1) is 6.61 Å². The minimum atomic E-state index is -0.627. The van der Waals surface area contributed by atoms with Gasteiger partial charge in [-0.25, -0.2) is 0 Å². The number of amides is 1. The van der Waals surface area contributed by atoms with E-state index in [0.717, 1.165) is 12.8 Å². The van der Waals surface area contributed by atoms with E-state index < -0.39 is 6.04 Å². The first-order valence-electron chi connectivity index (χ1n) is 8.33. The molecule has 2 unspecified atom stereocenters. The topological polar surface area (TPSA) is 76.4 Å². The molecule has 1 aromatic carbocycles. The number of halogens is 2. The lowest BCUT2D eigenvalue weighted by Crippen LogP contribution is -2.56. The van der Waals surface area contributed by atoms with E-state index in [4.69, 9.17) is 10.5 Å². The fourth-order valence-corrected chi connectivity index (χ4v) is 2.68. The molecule has 1 rings (SSSR count). The zero-order valence-corrected chi connectivity index (χ0v) is 17.2. The van der Waals surface area contributed by atoms with E-state index in [-0.39, 0.29) is 48.9 Å². The molecule has 0 fully saturated rings. The number of hydrogen-bond donors (Lipinski definition) is 3. The first-order chi connectivity index (χ1) is 11.0. The smallest absolute Gasteiger partial charge is 0.239 e. The van der Waals surface area contributed by atoms with Crippen LogP contribution in [0.25, 0.3) is 0 Å². The summed E-state index contributed by atoms with van der Waals surface area (Å²) in [5.41, 5.74) is 6.86. The quantitative estimate of drug-likeness (QED) is 0.571. The molecule has 0 aliphatic rings. The standard InChI is InChI=1S/C18H31N3O2.2ClH/c1-5-18(6-2,13-20-17(22)16(19)12-23-4)21-14(3)15-10-8-7-9-11-15;;/h7-11,14,16,21H,5-6,12-13,19H2,1-4H3,(H,20,22);2*1H. The molecule has 0 aromatic heterocycles. The minimum absolute atomic E-state index is 0. The van der Waals surface area contributed by atoms with Crippen molar-refractivity contribution >= 4 is 30.7 Å². The third-order valence-corrected chi connectivity index (χ3v) is 4.46. The number of nitrogens with two attached hydrogens (primary N) is 1. The van der Waals surface area contributed by atoms with Crippen LogP contribution in [0.5, 0.6) is 0 Å². The van der Waals surface area contributed by atoms with Crippen molar-refractivity contribution in [1.82, 2.24) is 10.6 Å². The first-order valence-corrected chi connectivity index (χ1v) is 8.33. The van der Waals surface area contributed by atoms with Crippen molar-refractivity contribution in [3.63, 3.8) is 0 Å². The Morgan fingerprint density at radius 1 is 1.20 bits per heavy atom. The molecule has 1 amide bonds. The summed E-state index contributed by atoms with van der Waals surface area (Å²) in [5, 5.41) is 6.65. The van der Waals surface area contributed by atoms with Crippen molar-refractivity contribution in [2.75, 3.05) is 20.3 Å². The fraction of sp³-hybridized carbons (Fsp3) is 0.611. The second-order valence-electron chi connectivity index (χ2n) is 6.04. The molecule has 1 aromatic rings. The van der Waals surface area contributed by atoms with E-state index in [1.54, 1.807) is 7.11 Å². The Bertz CT molecular complexity index is 471. The maximum atomic E-state index is 12.0. The summed E-state index contributed by atoms with van der Waals surface area (Å²) in [5.74, 6) is -0.174. The predicted molar refractivity (Wildman–Crippen MR) is 109 cm³/mol. The molecular formula is C18H33Cl2N3O2. The lowest BCUT2D eigenvalue weighted by molar-refractivity contribution is -0.123. The molecule has 0 radical (unpaired) electrons. The van der Waals surface area contributed by atoms with Gasteiger partial charge < -0.3 is 21.1 Å². The van der Waals surface area contributed by atoms with Crippen LogP contribution in [0.1, 0.15) is 45.2 Å². The summed E-state index contributed by atoms with van der Waals surface area (Å²) in [6, 6.07) is 9.90. The molecule has 25 heavy (non-hydrogen) atoms. The SMILES string of the molecule is CCC(CC)(CNC(=O)C(N)COC)NC(C)c1ccccc1.Cl.Cl. The maximum absolute atomic E-state index is 12.0. The average molecular weight is 394 g/mol. The molecule has 0 heterocycles. The lowest BCUT2D eigenvalue weighted by atomic mass is 9.90. The molecule has 7 heteroatoms. The van der Waals surface area contributed by atoms with Gasteiger partial charge in [-0.2, -0.15) is 0 Å². The van der Waals surface area contributed by atoms with Gasteiger partial charge in [0.15, 0.2) is 0 Å². The Labute approximate surface area is 164 Å². The predicted octanol–water partition coefficient (Wildman–Crippen LogP) is 2.83. The Morgan fingerprint density at radius 3 is 2.24 bits per heavy atom. The van der Waals surface area contributed by atoms with Gasteiger partial charge in [0, 0.05) is 25.2 Å². The second kappa shape index (κ2) is 13.4. The summed E-state index contributed by atoms with van der Waals surface area (Å²) < 4.78 is 4.93. The van der Waals surface area contributed by atoms with Crippen LogP contribution in [0.3, 0.4) is 0 Å². The highest BCUT2D eigenvalue weighted by atomic mass is 35.5. The van der Waals surface area contributed by atoms with Crippen LogP contribution in [-0.2, 0) is 9.53 Å². The highest BCUT2D eigenvalue weighted by molar-refractivity contribution is 5.85. The summed E-state index contributed by atoms with van der Waals surface area (Å²) in [7, 11) is 1.54. The van der Waals surface area contributed by atoms with Gasteiger partial charge >= 0.3 is 0 Å². The van der Waals surface area contributed by atoms with E-state index in [0.29, 0.717) is 6.54 Å². The summed E-state index contributed by atoms with van der Waals surface area (Å²) in [4.78, 5) is 12.0. The summed E-state index contributed by atoms with van der Waals surface area (Å²) in [6.07, 6.45) is 1.83. The number of carbonyl (C=O) groups excluding carboxylic acids is 1. The van der Waals surface area contributed by atoms with Crippen LogP contribution in [0, 0.1) is 0 Å². The normalized spacial score (nSPS) is 13.2. The highest BCUT2D eigenvalue weighted by Crippen LogP contribution is 2.21. The Kier molecular flexibility index (Phi) is 14.1. The minimum Gasteiger partial charge on any atom is -0.383 e. The zero-order chi connectivity index (χ0) is 17.3. The fourth-order valence-electron chi connectivity index (χ4n) is 2.68. The third kappa shape index (κ3) is 8.38. The molecule has 0 saturated heterocycles. The van der Waals surface area contributed by atoms with Crippen LogP contribution >= 0.6 is 24.8 Å². The summed E-state index contributed by atoms with van der Waals surface area (Å²) in [6.45, 7) is 7.19. The number of rotatable bonds is 10. The van der Waals surface area contributed by atoms with E-state index in [1.807, 2.05) is 18.2 Å². The van der Waals surface area contributed by atoms with Crippen LogP contribution in [0.15, 0.2) is 30.3 Å². The van der Waals surface area contributed by atoms with Gasteiger partial charge in [-0.3, -0.25) is 4.79 Å². The molecule has 0 spiro atoms. The largest absolute Gasteiger partial charge is 0.383 e. The molecule has 0 aliphatic carbocycles. The second-order valence-corrected chi connectivity index (χ2v) is 6.04. The van der Waals surface area contributed by atoms with Crippen molar-refractivity contribution in [2.45, 2.75) is 51.2 Å². The molecular weight excluding hydrogens is 361 g/mol. The number of hydrogen-bond acceptors (Lipinski definition) is 4. The number of ether oxygens (including phenoxy) is 1. The van der Waals surface area contributed by atoms with Gasteiger partial charge in [0.1, 0.15) is 6.04 Å². The van der Waals surface area contributed by atoms with Crippen molar-refractivity contribution in [1.29, 1.82) is 0 Å². The van der Waals surface area contributed by atoms with Gasteiger partial charge in [-0.15, -0.1) is 24.8 Å².